The van der Waals surface area contributed by atoms with E-state index in [0.29, 0.717) is 29.6 Å². The Balaban J connectivity index is 2.19. The SMILES string of the molecule is C=CCNc1ccnc(Nc2ccccc2C#N)n1. The number of nitrogens with zero attached hydrogens (tertiary/aromatic N) is 3. The summed E-state index contributed by atoms with van der Waals surface area (Å²) in [6, 6.07) is 11.1. The van der Waals surface area contributed by atoms with Gasteiger partial charge >= 0.3 is 0 Å². The van der Waals surface area contributed by atoms with E-state index >= 15 is 0 Å². The van der Waals surface area contributed by atoms with Gasteiger partial charge in [-0.05, 0) is 18.2 Å². The first-order valence-corrected chi connectivity index (χ1v) is 5.77. The Morgan fingerprint density at radius 3 is 2.95 bits per heavy atom. The molecule has 2 rings (SSSR count). The largest absolute Gasteiger partial charge is 0.366 e. The van der Waals surface area contributed by atoms with Crippen molar-refractivity contribution >= 4 is 17.5 Å². The van der Waals surface area contributed by atoms with Gasteiger partial charge in [0.05, 0.1) is 11.3 Å². The number of benzene rings is 1. The molecular weight excluding hydrogens is 238 g/mol. The number of para-hydroxylation sites is 1. The molecule has 0 spiro atoms. The number of rotatable bonds is 5. The molecule has 1 aromatic heterocycles. The summed E-state index contributed by atoms with van der Waals surface area (Å²) in [5, 5.41) is 15.1. The molecule has 0 fully saturated rings. The lowest BCUT2D eigenvalue weighted by molar-refractivity contribution is 1.14. The Labute approximate surface area is 111 Å². The molecular formula is C14H13N5. The van der Waals surface area contributed by atoms with Crippen LogP contribution in [-0.2, 0) is 0 Å². The summed E-state index contributed by atoms with van der Waals surface area (Å²) in [7, 11) is 0. The predicted molar refractivity (Wildman–Crippen MR) is 75.2 cm³/mol. The molecule has 0 aliphatic carbocycles. The summed E-state index contributed by atoms with van der Waals surface area (Å²) in [4.78, 5) is 8.41. The normalized spacial score (nSPS) is 9.42. The average molecular weight is 251 g/mol. The first-order valence-electron chi connectivity index (χ1n) is 5.77. The molecule has 0 bridgehead atoms. The molecule has 2 aromatic rings. The van der Waals surface area contributed by atoms with E-state index in [2.05, 4.69) is 33.2 Å². The van der Waals surface area contributed by atoms with Crippen LogP contribution in [0.25, 0.3) is 0 Å². The van der Waals surface area contributed by atoms with Crippen molar-refractivity contribution in [2.45, 2.75) is 0 Å². The maximum Gasteiger partial charge on any atom is 0.229 e. The third-order valence-electron chi connectivity index (χ3n) is 2.38. The highest BCUT2D eigenvalue weighted by molar-refractivity contribution is 5.63. The van der Waals surface area contributed by atoms with Gasteiger partial charge in [-0.1, -0.05) is 18.2 Å². The molecule has 2 N–H and O–H groups in total. The van der Waals surface area contributed by atoms with Crippen LogP contribution in [0.4, 0.5) is 17.5 Å². The molecule has 0 aliphatic rings. The van der Waals surface area contributed by atoms with Gasteiger partial charge < -0.3 is 10.6 Å². The Morgan fingerprint density at radius 1 is 1.32 bits per heavy atom. The Bertz CT molecular complexity index is 615. The van der Waals surface area contributed by atoms with Crippen molar-refractivity contribution in [2.75, 3.05) is 17.2 Å². The second-order valence-corrected chi connectivity index (χ2v) is 3.72. The van der Waals surface area contributed by atoms with Crippen LogP contribution in [0.1, 0.15) is 5.56 Å². The number of hydrogen-bond acceptors (Lipinski definition) is 5. The first kappa shape index (κ1) is 12.6. The van der Waals surface area contributed by atoms with Crippen molar-refractivity contribution in [2.24, 2.45) is 0 Å². The fourth-order valence-corrected chi connectivity index (χ4v) is 1.50. The van der Waals surface area contributed by atoms with E-state index in [-0.39, 0.29) is 0 Å². The molecule has 0 radical (unpaired) electrons. The molecule has 19 heavy (non-hydrogen) atoms. The summed E-state index contributed by atoms with van der Waals surface area (Å²) < 4.78 is 0. The van der Waals surface area contributed by atoms with Gasteiger partial charge in [0.2, 0.25) is 5.95 Å². The van der Waals surface area contributed by atoms with Crippen LogP contribution in [0.2, 0.25) is 0 Å². The molecule has 1 heterocycles. The number of nitrogens with one attached hydrogen (secondary N) is 2. The quantitative estimate of drug-likeness (QED) is 0.799. The van der Waals surface area contributed by atoms with Crippen LogP contribution in [0, 0.1) is 11.3 Å². The minimum Gasteiger partial charge on any atom is -0.366 e. The van der Waals surface area contributed by atoms with Gasteiger partial charge in [-0.2, -0.15) is 10.2 Å². The fraction of sp³-hybridized carbons (Fsp3) is 0.0714. The van der Waals surface area contributed by atoms with Crippen LogP contribution in [0.5, 0.6) is 0 Å². The monoisotopic (exact) mass is 251 g/mol. The van der Waals surface area contributed by atoms with E-state index < -0.39 is 0 Å². The topological polar surface area (TPSA) is 73.6 Å². The Morgan fingerprint density at radius 2 is 2.16 bits per heavy atom. The van der Waals surface area contributed by atoms with Crippen molar-refractivity contribution in [1.82, 2.24) is 9.97 Å². The van der Waals surface area contributed by atoms with E-state index in [1.54, 1.807) is 24.4 Å². The second-order valence-electron chi connectivity index (χ2n) is 3.72. The predicted octanol–water partition coefficient (Wildman–Crippen LogP) is 2.69. The zero-order valence-electron chi connectivity index (χ0n) is 10.3. The lowest BCUT2D eigenvalue weighted by atomic mass is 10.2. The van der Waals surface area contributed by atoms with Crippen LogP contribution < -0.4 is 10.6 Å². The highest BCUT2D eigenvalue weighted by Crippen LogP contribution is 2.18. The first-order chi connectivity index (χ1) is 9.33. The molecule has 5 nitrogen and oxygen atoms in total. The van der Waals surface area contributed by atoms with Gasteiger partial charge in [0.1, 0.15) is 11.9 Å². The highest BCUT2D eigenvalue weighted by atomic mass is 15.1. The molecule has 0 amide bonds. The second kappa shape index (κ2) is 6.17. The standard InChI is InChI=1S/C14H13N5/c1-2-8-16-13-7-9-17-14(19-13)18-12-6-4-3-5-11(12)10-15/h2-7,9H,1,8H2,(H2,16,17,18,19). The van der Waals surface area contributed by atoms with E-state index in [0.717, 1.165) is 0 Å². The fourth-order valence-electron chi connectivity index (χ4n) is 1.50. The molecule has 1 aromatic carbocycles. The number of hydrogen-bond donors (Lipinski definition) is 2. The number of anilines is 3. The van der Waals surface area contributed by atoms with Crippen molar-refractivity contribution in [3.8, 4) is 6.07 Å². The molecule has 0 saturated heterocycles. The summed E-state index contributed by atoms with van der Waals surface area (Å²) >= 11 is 0. The van der Waals surface area contributed by atoms with Crippen LogP contribution in [0.15, 0.2) is 49.2 Å². The van der Waals surface area contributed by atoms with Crippen molar-refractivity contribution in [3.63, 3.8) is 0 Å². The van der Waals surface area contributed by atoms with Gasteiger partial charge in [-0.3, -0.25) is 0 Å². The summed E-state index contributed by atoms with van der Waals surface area (Å²) in [6.07, 6.45) is 3.40. The molecule has 5 heteroatoms. The third-order valence-corrected chi connectivity index (χ3v) is 2.38. The Hall–Kier alpha value is -2.87. The molecule has 0 saturated carbocycles. The maximum atomic E-state index is 9.01. The molecule has 0 aliphatic heterocycles. The lowest BCUT2D eigenvalue weighted by Crippen LogP contribution is -2.04. The zero-order chi connectivity index (χ0) is 13.5. The number of aromatic nitrogens is 2. The van der Waals surface area contributed by atoms with E-state index in [1.165, 1.54) is 0 Å². The van der Waals surface area contributed by atoms with Crippen molar-refractivity contribution in [3.05, 3.63) is 54.7 Å². The van der Waals surface area contributed by atoms with Crippen LogP contribution >= 0.6 is 0 Å². The van der Waals surface area contributed by atoms with E-state index in [9.17, 15) is 0 Å². The minimum atomic E-state index is 0.441. The van der Waals surface area contributed by atoms with Gasteiger partial charge in [-0.25, -0.2) is 4.98 Å². The van der Waals surface area contributed by atoms with Gasteiger partial charge in [0.25, 0.3) is 0 Å². The van der Waals surface area contributed by atoms with Crippen molar-refractivity contribution < 1.29 is 0 Å². The third kappa shape index (κ3) is 3.30. The smallest absolute Gasteiger partial charge is 0.229 e. The Kier molecular flexibility index (Phi) is 4.09. The van der Waals surface area contributed by atoms with Gasteiger partial charge in [-0.15, -0.1) is 6.58 Å². The summed E-state index contributed by atoms with van der Waals surface area (Å²) in [5.41, 5.74) is 1.24. The summed E-state index contributed by atoms with van der Waals surface area (Å²) in [5.74, 6) is 1.14. The van der Waals surface area contributed by atoms with Crippen molar-refractivity contribution in [1.29, 1.82) is 5.26 Å². The highest BCUT2D eigenvalue weighted by Gasteiger charge is 2.03. The van der Waals surface area contributed by atoms with E-state index in [1.807, 2.05) is 18.2 Å². The van der Waals surface area contributed by atoms with Gasteiger partial charge in [0, 0.05) is 12.7 Å². The average Bonchev–Trinajstić information content (AvgIpc) is 2.46. The van der Waals surface area contributed by atoms with Crippen LogP contribution in [-0.4, -0.2) is 16.5 Å². The molecule has 94 valence electrons. The lowest BCUT2D eigenvalue weighted by Gasteiger charge is -2.08. The number of nitriles is 1. The molecule has 0 atom stereocenters. The minimum absolute atomic E-state index is 0.441. The zero-order valence-corrected chi connectivity index (χ0v) is 10.3. The summed E-state index contributed by atoms with van der Waals surface area (Å²) in [6.45, 7) is 4.26. The molecule has 0 unspecified atom stereocenters. The van der Waals surface area contributed by atoms with E-state index in [4.69, 9.17) is 5.26 Å². The van der Waals surface area contributed by atoms with Crippen LogP contribution in [0.3, 0.4) is 0 Å². The maximum absolute atomic E-state index is 9.01. The van der Waals surface area contributed by atoms with Gasteiger partial charge in [0.15, 0.2) is 0 Å².